The number of hydrogen-bond acceptors (Lipinski definition) is 7. The second-order valence-corrected chi connectivity index (χ2v) is 7.27. The first-order valence-electron chi connectivity index (χ1n) is 10.4. The van der Waals surface area contributed by atoms with E-state index in [1.54, 1.807) is 19.1 Å². The van der Waals surface area contributed by atoms with Crippen molar-refractivity contribution in [3.63, 3.8) is 0 Å². The van der Waals surface area contributed by atoms with E-state index >= 15 is 0 Å². The second kappa shape index (κ2) is 9.69. The normalized spacial score (nSPS) is 10.9. The average molecular weight is 468 g/mol. The van der Waals surface area contributed by atoms with E-state index in [9.17, 15) is 13.6 Å². The molecule has 0 aliphatic carbocycles. The lowest BCUT2D eigenvalue weighted by Gasteiger charge is -2.09. The zero-order valence-electron chi connectivity index (χ0n) is 18.5. The summed E-state index contributed by atoms with van der Waals surface area (Å²) in [6, 6.07) is 9.51. The minimum atomic E-state index is -0.729. The fourth-order valence-corrected chi connectivity index (χ4v) is 3.45. The predicted octanol–water partition coefficient (Wildman–Crippen LogP) is 3.66. The summed E-state index contributed by atoms with van der Waals surface area (Å²) in [7, 11) is 1.25. The Kier molecular flexibility index (Phi) is 6.53. The molecule has 34 heavy (non-hydrogen) atoms. The number of rotatable bonds is 7. The molecule has 4 aromatic rings. The number of carbonyl (C=O) groups is 1. The number of nitrogens with two attached hydrogens (primary N) is 1. The zero-order chi connectivity index (χ0) is 24.2. The van der Waals surface area contributed by atoms with Gasteiger partial charge in [0.25, 0.3) is 0 Å². The van der Waals surface area contributed by atoms with Crippen molar-refractivity contribution < 1.29 is 23.0 Å². The van der Waals surface area contributed by atoms with E-state index in [4.69, 9.17) is 10.5 Å². The molecule has 2 aromatic carbocycles. The summed E-state index contributed by atoms with van der Waals surface area (Å²) in [5.41, 5.74) is 7.45. The Hall–Kier alpha value is -4.28. The third kappa shape index (κ3) is 4.58. The topological polar surface area (TPSA) is 117 Å². The third-order valence-corrected chi connectivity index (χ3v) is 5.11. The average Bonchev–Trinajstić information content (AvgIpc) is 3.19. The highest BCUT2D eigenvalue weighted by Gasteiger charge is 2.19. The minimum absolute atomic E-state index is 0.0876. The highest BCUT2D eigenvalue weighted by atomic mass is 19.1. The van der Waals surface area contributed by atoms with Gasteiger partial charge in [0.05, 0.1) is 32.3 Å². The molecule has 0 saturated heterocycles. The van der Waals surface area contributed by atoms with Gasteiger partial charge in [0, 0.05) is 34.8 Å². The van der Waals surface area contributed by atoms with Crippen molar-refractivity contribution in [1.82, 2.24) is 25.1 Å². The van der Waals surface area contributed by atoms with Gasteiger partial charge in [0.2, 0.25) is 0 Å². The summed E-state index contributed by atoms with van der Waals surface area (Å²) in [6.07, 6.45) is 0.870. The first kappa shape index (κ1) is 22.9. The number of amides is 1. The number of fused-ring (bicyclic) bond motifs is 1. The number of alkyl carbamates (subject to hydrolysis) is 1. The molecule has 3 N–H and O–H groups in total. The van der Waals surface area contributed by atoms with Gasteiger partial charge >= 0.3 is 6.09 Å². The maximum atomic E-state index is 14.7. The van der Waals surface area contributed by atoms with Crippen LogP contribution in [-0.4, -0.2) is 39.6 Å². The zero-order valence-corrected chi connectivity index (χ0v) is 18.5. The number of nitrogen functional groups attached to an aromatic ring is 1. The first-order valence-corrected chi connectivity index (χ1v) is 10.4. The monoisotopic (exact) mass is 468 g/mol. The number of nitrogens with zero attached hydrogens (tertiary/aromatic N) is 4. The van der Waals surface area contributed by atoms with Gasteiger partial charge in [0.15, 0.2) is 5.82 Å². The highest BCUT2D eigenvalue weighted by Crippen LogP contribution is 2.28. The smallest absolute Gasteiger partial charge is 0.407 e. The Morgan fingerprint density at radius 3 is 2.62 bits per heavy atom. The van der Waals surface area contributed by atoms with Gasteiger partial charge in [0.1, 0.15) is 28.9 Å². The van der Waals surface area contributed by atoms with Crippen LogP contribution in [0.4, 0.5) is 19.4 Å². The molecular weight excluding hydrogens is 446 g/mol. The number of halogens is 2. The molecule has 0 fully saturated rings. The lowest BCUT2D eigenvalue weighted by atomic mass is 10.1. The van der Waals surface area contributed by atoms with Crippen molar-refractivity contribution >= 4 is 22.8 Å². The van der Waals surface area contributed by atoms with Gasteiger partial charge in [-0.15, -0.1) is 0 Å². The molecular formula is C23H22F2N6O3. The molecule has 0 saturated carbocycles. The van der Waals surface area contributed by atoms with Gasteiger partial charge in [-0.25, -0.2) is 23.5 Å². The van der Waals surface area contributed by atoms with Crippen LogP contribution in [0.15, 0.2) is 42.6 Å². The summed E-state index contributed by atoms with van der Waals surface area (Å²) < 4.78 is 40.5. The Labute approximate surface area is 193 Å². The van der Waals surface area contributed by atoms with Crippen molar-refractivity contribution in [3.05, 3.63) is 65.4 Å². The van der Waals surface area contributed by atoms with E-state index in [0.29, 0.717) is 28.8 Å². The quantitative estimate of drug-likeness (QED) is 0.425. The molecule has 0 radical (unpaired) electrons. The van der Waals surface area contributed by atoms with Crippen LogP contribution in [0.1, 0.15) is 18.1 Å². The second-order valence-electron chi connectivity index (χ2n) is 7.27. The predicted molar refractivity (Wildman–Crippen MR) is 121 cm³/mol. The van der Waals surface area contributed by atoms with Crippen molar-refractivity contribution in [2.75, 3.05) is 19.5 Å². The standard InChI is InChI=1S/C23H22F2N6O3/c1-3-34-14-8-17(24)16(18(25)9-14)12-31-19-7-5-4-6-15(19)20(30-31)22-27-10-13(21(26)29-22)11-28-23(32)33-2/h4-10H,3,11-12H2,1-2H3,(H,28,32)(H2,26,27,29). The SMILES string of the molecule is CCOc1cc(F)c(Cn2nc(-c3ncc(CNC(=O)OC)c(N)n3)c3ccccc32)c(F)c1. The number of carbonyl (C=O) groups excluding carboxylic acids is 1. The van der Waals surface area contributed by atoms with Gasteiger partial charge in [-0.3, -0.25) is 4.68 Å². The summed E-state index contributed by atoms with van der Waals surface area (Å²) >= 11 is 0. The Morgan fingerprint density at radius 2 is 1.94 bits per heavy atom. The maximum Gasteiger partial charge on any atom is 0.407 e. The minimum Gasteiger partial charge on any atom is -0.494 e. The number of para-hydroxylation sites is 1. The summed E-state index contributed by atoms with van der Waals surface area (Å²) in [4.78, 5) is 19.9. The Bertz CT molecular complexity index is 1340. The van der Waals surface area contributed by atoms with Crippen molar-refractivity contribution in [3.8, 4) is 17.3 Å². The van der Waals surface area contributed by atoms with Crippen molar-refractivity contribution in [2.45, 2.75) is 20.0 Å². The maximum absolute atomic E-state index is 14.7. The molecule has 0 aliphatic rings. The van der Waals surface area contributed by atoms with Crippen LogP contribution < -0.4 is 15.8 Å². The molecule has 0 aliphatic heterocycles. The molecule has 1 amide bonds. The van der Waals surface area contributed by atoms with Gasteiger partial charge < -0.3 is 20.5 Å². The van der Waals surface area contributed by atoms with Crippen molar-refractivity contribution in [1.29, 1.82) is 0 Å². The van der Waals surface area contributed by atoms with E-state index in [1.165, 1.54) is 18.0 Å². The summed E-state index contributed by atoms with van der Waals surface area (Å²) in [6.45, 7) is 1.97. The van der Waals surface area contributed by atoms with Gasteiger partial charge in [-0.1, -0.05) is 18.2 Å². The number of ether oxygens (including phenoxy) is 2. The van der Waals surface area contributed by atoms with E-state index in [1.807, 2.05) is 12.1 Å². The third-order valence-electron chi connectivity index (χ3n) is 5.11. The molecule has 11 heteroatoms. The van der Waals surface area contributed by atoms with Crippen LogP contribution in [0, 0.1) is 11.6 Å². The molecule has 0 spiro atoms. The number of hydrogen-bond donors (Lipinski definition) is 2. The number of nitrogens with one attached hydrogen (secondary N) is 1. The summed E-state index contributed by atoms with van der Waals surface area (Å²) in [5.74, 6) is -0.941. The lowest BCUT2D eigenvalue weighted by molar-refractivity contribution is 0.170. The van der Waals surface area contributed by atoms with Crippen LogP contribution in [0.3, 0.4) is 0 Å². The fourth-order valence-electron chi connectivity index (χ4n) is 3.45. The van der Waals surface area contributed by atoms with E-state index in [-0.39, 0.29) is 36.0 Å². The summed E-state index contributed by atoms with van der Waals surface area (Å²) in [5, 5.41) is 7.74. The number of aromatic nitrogens is 4. The highest BCUT2D eigenvalue weighted by molar-refractivity contribution is 5.91. The van der Waals surface area contributed by atoms with E-state index < -0.39 is 17.7 Å². The molecule has 0 atom stereocenters. The van der Waals surface area contributed by atoms with E-state index in [2.05, 4.69) is 25.1 Å². The van der Waals surface area contributed by atoms with Crippen LogP contribution in [0.2, 0.25) is 0 Å². The number of methoxy groups -OCH3 is 1. The van der Waals surface area contributed by atoms with Gasteiger partial charge in [-0.05, 0) is 13.0 Å². The molecule has 0 bridgehead atoms. The fraction of sp³-hybridized carbons (Fsp3) is 0.217. The number of benzene rings is 2. The molecule has 9 nitrogen and oxygen atoms in total. The molecule has 4 rings (SSSR count). The largest absolute Gasteiger partial charge is 0.494 e. The molecule has 176 valence electrons. The van der Waals surface area contributed by atoms with Crippen LogP contribution in [0.25, 0.3) is 22.4 Å². The van der Waals surface area contributed by atoms with Gasteiger partial charge in [-0.2, -0.15) is 5.10 Å². The Balaban J connectivity index is 1.70. The van der Waals surface area contributed by atoms with E-state index in [0.717, 1.165) is 12.1 Å². The molecule has 0 unspecified atom stereocenters. The molecule has 2 heterocycles. The first-order chi connectivity index (χ1) is 16.4. The van der Waals surface area contributed by atoms with Crippen molar-refractivity contribution in [2.24, 2.45) is 0 Å². The number of anilines is 1. The van der Waals surface area contributed by atoms with Crippen LogP contribution in [-0.2, 0) is 17.8 Å². The Morgan fingerprint density at radius 1 is 1.21 bits per heavy atom. The lowest BCUT2D eigenvalue weighted by Crippen LogP contribution is -2.23. The van der Waals surface area contributed by atoms with Crippen LogP contribution in [0.5, 0.6) is 5.75 Å². The van der Waals surface area contributed by atoms with Crippen LogP contribution >= 0.6 is 0 Å². The molecule has 2 aromatic heterocycles.